The van der Waals surface area contributed by atoms with Gasteiger partial charge >= 0.3 is 0 Å². The summed E-state index contributed by atoms with van der Waals surface area (Å²) in [4.78, 5) is 29.8. The molecule has 0 aliphatic carbocycles. The van der Waals surface area contributed by atoms with Crippen molar-refractivity contribution in [3.05, 3.63) is 44.9 Å². The molecular weight excluding hydrogens is 296 g/mol. The molecule has 1 saturated heterocycles. The van der Waals surface area contributed by atoms with Crippen molar-refractivity contribution in [1.82, 2.24) is 9.88 Å². The number of aromatic nitrogens is 1. The van der Waals surface area contributed by atoms with E-state index in [0.29, 0.717) is 11.3 Å². The molecule has 1 N–H and O–H groups in total. The molecule has 3 heterocycles. The van der Waals surface area contributed by atoms with Gasteiger partial charge in [-0.25, -0.2) is 0 Å². The first-order valence-corrected chi connectivity index (χ1v) is 8.48. The molecule has 0 unspecified atom stereocenters. The number of hydrogen-bond donors (Lipinski definition) is 1. The van der Waals surface area contributed by atoms with Gasteiger partial charge in [-0.05, 0) is 61.6 Å². The molecule has 0 saturated carbocycles. The van der Waals surface area contributed by atoms with Crippen molar-refractivity contribution < 1.29 is 9.59 Å². The Morgan fingerprint density at radius 1 is 1.36 bits per heavy atom. The zero-order chi connectivity index (χ0) is 15.9. The van der Waals surface area contributed by atoms with Crippen molar-refractivity contribution in [3.63, 3.8) is 0 Å². The van der Waals surface area contributed by atoms with Gasteiger partial charge in [0.25, 0.3) is 5.91 Å². The van der Waals surface area contributed by atoms with E-state index in [1.165, 1.54) is 5.56 Å². The van der Waals surface area contributed by atoms with Gasteiger partial charge in [0, 0.05) is 17.8 Å². The van der Waals surface area contributed by atoms with Gasteiger partial charge in [0.15, 0.2) is 5.78 Å². The molecule has 1 fully saturated rings. The number of nitrogens with zero attached hydrogens (tertiary/aromatic N) is 1. The lowest BCUT2D eigenvalue weighted by atomic mass is 10.1. The van der Waals surface area contributed by atoms with Gasteiger partial charge in [-0.15, -0.1) is 0 Å². The Labute approximate surface area is 134 Å². The molecule has 5 heteroatoms. The minimum Gasteiger partial charge on any atom is -0.354 e. The van der Waals surface area contributed by atoms with Gasteiger partial charge in [0.1, 0.15) is 5.69 Å². The lowest BCUT2D eigenvalue weighted by Gasteiger charge is -2.24. The number of likely N-dealkylation sites (tertiary alicyclic amines) is 1. The third-order valence-electron chi connectivity index (χ3n) is 4.45. The third-order valence-corrected chi connectivity index (χ3v) is 5.15. The van der Waals surface area contributed by atoms with Crippen molar-refractivity contribution in [2.24, 2.45) is 0 Å². The van der Waals surface area contributed by atoms with Crippen molar-refractivity contribution in [1.29, 1.82) is 0 Å². The highest BCUT2D eigenvalue weighted by atomic mass is 32.1. The number of carbonyl (C=O) groups excluding carboxylic acids is 2. The van der Waals surface area contributed by atoms with Gasteiger partial charge in [-0.1, -0.05) is 0 Å². The molecule has 22 heavy (non-hydrogen) atoms. The van der Waals surface area contributed by atoms with Crippen LogP contribution in [-0.4, -0.2) is 28.1 Å². The number of H-pyrrole nitrogens is 1. The highest BCUT2D eigenvalue weighted by molar-refractivity contribution is 7.08. The van der Waals surface area contributed by atoms with E-state index in [1.54, 1.807) is 18.3 Å². The van der Waals surface area contributed by atoms with Crippen molar-refractivity contribution >= 4 is 23.0 Å². The Bertz CT molecular complexity index is 715. The van der Waals surface area contributed by atoms with E-state index in [4.69, 9.17) is 0 Å². The standard InChI is InChI=1S/C17H20N2O2S/c1-10-15(12(3)20)11(2)18-16(10)17(21)19-7-4-5-14(19)13-6-8-22-9-13/h6,8-9,14,18H,4-5,7H2,1-3H3/t14-/m1/s1. The molecule has 0 radical (unpaired) electrons. The van der Waals surface area contributed by atoms with Crippen molar-refractivity contribution in [2.45, 2.75) is 39.7 Å². The quantitative estimate of drug-likeness (QED) is 0.874. The van der Waals surface area contributed by atoms with E-state index in [1.807, 2.05) is 24.1 Å². The maximum Gasteiger partial charge on any atom is 0.271 e. The maximum absolute atomic E-state index is 12.9. The number of ketones is 1. The second-order valence-electron chi connectivity index (χ2n) is 5.89. The van der Waals surface area contributed by atoms with Gasteiger partial charge in [-0.3, -0.25) is 9.59 Å². The smallest absolute Gasteiger partial charge is 0.271 e. The first-order valence-electron chi connectivity index (χ1n) is 7.54. The van der Waals surface area contributed by atoms with E-state index in [0.717, 1.165) is 30.6 Å². The van der Waals surface area contributed by atoms with E-state index in [9.17, 15) is 9.59 Å². The summed E-state index contributed by atoms with van der Waals surface area (Å²) in [6.45, 7) is 6.01. The molecule has 0 spiro atoms. The number of aryl methyl sites for hydroxylation is 1. The molecule has 4 nitrogen and oxygen atoms in total. The Morgan fingerprint density at radius 2 is 2.14 bits per heavy atom. The van der Waals surface area contributed by atoms with Crippen LogP contribution in [0.2, 0.25) is 0 Å². The summed E-state index contributed by atoms with van der Waals surface area (Å²) in [6.07, 6.45) is 2.02. The predicted molar refractivity (Wildman–Crippen MR) is 87.6 cm³/mol. The molecule has 0 aromatic carbocycles. The fourth-order valence-electron chi connectivity index (χ4n) is 3.46. The first-order chi connectivity index (χ1) is 10.5. The average Bonchev–Trinajstić information content (AvgIpc) is 3.16. The molecule has 116 valence electrons. The summed E-state index contributed by atoms with van der Waals surface area (Å²) < 4.78 is 0. The molecular formula is C17H20N2O2S. The minimum atomic E-state index is 0.00102. The second kappa shape index (κ2) is 5.72. The summed E-state index contributed by atoms with van der Waals surface area (Å²) in [6, 6.07) is 2.25. The normalized spacial score (nSPS) is 18.0. The van der Waals surface area contributed by atoms with Crippen LogP contribution in [0.3, 0.4) is 0 Å². The van der Waals surface area contributed by atoms with E-state index in [-0.39, 0.29) is 17.7 Å². The fraction of sp³-hybridized carbons (Fsp3) is 0.412. The summed E-state index contributed by atoms with van der Waals surface area (Å²) in [5, 5.41) is 4.16. The highest BCUT2D eigenvalue weighted by Crippen LogP contribution is 2.34. The van der Waals surface area contributed by atoms with Crippen LogP contribution in [0.1, 0.15) is 63.5 Å². The molecule has 1 aliphatic rings. The lowest BCUT2D eigenvalue weighted by Crippen LogP contribution is -2.31. The van der Waals surface area contributed by atoms with Crippen LogP contribution in [0.15, 0.2) is 16.8 Å². The topological polar surface area (TPSA) is 53.2 Å². The summed E-state index contributed by atoms with van der Waals surface area (Å²) in [5.41, 5.74) is 3.97. The van der Waals surface area contributed by atoms with Crippen LogP contribution >= 0.6 is 11.3 Å². The van der Waals surface area contributed by atoms with Gasteiger partial charge < -0.3 is 9.88 Å². The van der Waals surface area contributed by atoms with Gasteiger partial charge in [-0.2, -0.15) is 11.3 Å². The van der Waals surface area contributed by atoms with Gasteiger partial charge in [0.2, 0.25) is 0 Å². The molecule has 2 aromatic heterocycles. The van der Waals surface area contributed by atoms with E-state index < -0.39 is 0 Å². The minimum absolute atomic E-state index is 0.00102. The van der Waals surface area contributed by atoms with Crippen LogP contribution in [-0.2, 0) is 0 Å². The van der Waals surface area contributed by atoms with Crippen LogP contribution in [0.5, 0.6) is 0 Å². The molecule has 2 aromatic rings. The van der Waals surface area contributed by atoms with Crippen LogP contribution in [0.25, 0.3) is 0 Å². The predicted octanol–water partition coefficient (Wildman–Crippen LogP) is 3.87. The van der Waals surface area contributed by atoms with Crippen LogP contribution < -0.4 is 0 Å². The Kier molecular flexibility index (Phi) is 3.91. The average molecular weight is 316 g/mol. The van der Waals surface area contributed by atoms with E-state index in [2.05, 4.69) is 16.4 Å². The zero-order valence-corrected chi connectivity index (χ0v) is 13.9. The molecule has 0 bridgehead atoms. The monoisotopic (exact) mass is 316 g/mol. The highest BCUT2D eigenvalue weighted by Gasteiger charge is 2.33. The van der Waals surface area contributed by atoms with E-state index >= 15 is 0 Å². The number of thiophene rings is 1. The van der Waals surface area contributed by atoms with Crippen LogP contribution in [0.4, 0.5) is 0 Å². The largest absolute Gasteiger partial charge is 0.354 e. The number of aromatic amines is 1. The Balaban J connectivity index is 1.94. The summed E-state index contributed by atoms with van der Waals surface area (Å²) in [7, 11) is 0. The number of nitrogens with one attached hydrogen (secondary N) is 1. The molecule has 3 rings (SSSR count). The second-order valence-corrected chi connectivity index (χ2v) is 6.67. The van der Waals surface area contributed by atoms with Crippen molar-refractivity contribution in [3.8, 4) is 0 Å². The first kappa shape index (κ1) is 15.0. The Morgan fingerprint density at radius 3 is 2.73 bits per heavy atom. The number of rotatable bonds is 3. The number of amides is 1. The van der Waals surface area contributed by atoms with Crippen molar-refractivity contribution in [2.75, 3.05) is 6.54 Å². The maximum atomic E-state index is 12.9. The molecule has 1 amide bonds. The lowest BCUT2D eigenvalue weighted by molar-refractivity contribution is 0.0729. The zero-order valence-electron chi connectivity index (χ0n) is 13.1. The number of hydrogen-bond acceptors (Lipinski definition) is 3. The van der Waals surface area contributed by atoms with Gasteiger partial charge in [0.05, 0.1) is 6.04 Å². The SMILES string of the molecule is CC(=O)c1c(C)[nH]c(C(=O)N2CCC[C@@H]2c2ccsc2)c1C. The summed E-state index contributed by atoms with van der Waals surface area (Å²) in [5.74, 6) is 0.00269. The number of Topliss-reactive ketones (excluding diaryl/α,β-unsaturated/α-hetero) is 1. The number of carbonyl (C=O) groups is 2. The molecule has 1 atom stereocenters. The molecule has 1 aliphatic heterocycles. The summed E-state index contributed by atoms with van der Waals surface area (Å²) >= 11 is 1.66. The third kappa shape index (κ3) is 2.39. The Hall–Kier alpha value is -1.88. The fourth-order valence-corrected chi connectivity index (χ4v) is 4.16. The van der Waals surface area contributed by atoms with Crippen LogP contribution in [0, 0.1) is 13.8 Å².